The van der Waals surface area contributed by atoms with Gasteiger partial charge in [0.1, 0.15) is 0 Å². The highest BCUT2D eigenvalue weighted by molar-refractivity contribution is 6.30. The minimum Gasteiger partial charge on any atom is -0.449 e. The Morgan fingerprint density at radius 2 is 1.75 bits per heavy atom. The van der Waals surface area contributed by atoms with E-state index in [-0.39, 0.29) is 17.5 Å². The van der Waals surface area contributed by atoms with E-state index in [1.807, 2.05) is 6.92 Å². The zero-order valence-corrected chi connectivity index (χ0v) is 15.7. The van der Waals surface area contributed by atoms with E-state index in [4.69, 9.17) is 21.8 Å². The molecular formula is C19H20ClNO7. The zero-order valence-electron chi connectivity index (χ0n) is 15.0. The van der Waals surface area contributed by atoms with Gasteiger partial charge >= 0.3 is 12.3 Å². The number of ether oxygens (including phenoxy) is 2. The Balaban J connectivity index is 1.99. The fourth-order valence-corrected chi connectivity index (χ4v) is 2.80. The van der Waals surface area contributed by atoms with Crippen LogP contribution in [0.3, 0.4) is 0 Å². The van der Waals surface area contributed by atoms with E-state index < -0.39 is 18.4 Å². The number of halogens is 1. The molecule has 0 fully saturated rings. The van der Waals surface area contributed by atoms with Crippen molar-refractivity contribution in [1.82, 2.24) is 5.32 Å². The summed E-state index contributed by atoms with van der Waals surface area (Å²) in [6.07, 6.45) is -3.42. The Morgan fingerprint density at radius 3 is 2.39 bits per heavy atom. The monoisotopic (exact) mass is 409 g/mol. The second-order valence-electron chi connectivity index (χ2n) is 6.10. The van der Waals surface area contributed by atoms with Crippen LogP contribution in [0.25, 0.3) is 0 Å². The van der Waals surface area contributed by atoms with Crippen molar-refractivity contribution in [3.05, 3.63) is 58.6 Å². The lowest BCUT2D eigenvalue weighted by Gasteiger charge is -2.18. The molecule has 2 aromatic carbocycles. The molecule has 9 heteroatoms. The Morgan fingerprint density at radius 1 is 1.07 bits per heavy atom. The second-order valence-corrected chi connectivity index (χ2v) is 6.54. The quantitative estimate of drug-likeness (QED) is 0.384. The van der Waals surface area contributed by atoms with Gasteiger partial charge in [-0.1, -0.05) is 29.8 Å². The van der Waals surface area contributed by atoms with Crippen molar-refractivity contribution in [3.63, 3.8) is 0 Å². The van der Waals surface area contributed by atoms with Crippen LogP contribution in [0, 0.1) is 0 Å². The first-order valence-corrected chi connectivity index (χ1v) is 8.73. The average molecular weight is 410 g/mol. The molecule has 0 heterocycles. The molecule has 150 valence electrons. The first kappa shape index (κ1) is 21.5. The normalized spacial score (nSPS) is 12.8. The lowest BCUT2D eigenvalue weighted by molar-refractivity contribution is 0.132. The van der Waals surface area contributed by atoms with E-state index in [1.54, 1.807) is 30.3 Å². The summed E-state index contributed by atoms with van der Waals surface area (Å²) in [7, 11) is 0. The van der Waals surface area contributed by atoms with Gasteiger partial charge in [-0.2, -0.15) is 0 Å². The molecule has 0 amide bonds. The molecular weight excluding hydrogens is 390 g/mol. The molecule has 0 spiro atoms. The maximum atomic E-state index is 10.8. The van der Waals surface area contributed by atoms with Crippen LogP contribution >= 0.6 is 11.6 Å². The standard InChI is InChI=1S/C19H20ClNO7/c1-11(21-10-15(22)13-3-2-4-14(20)9-13)7-12-5-6-16(27-18(23)24)17(8-12)28-19(25)26/h2-6,8-9,11,15,21-22H,7,10H2,1H3,(H,23,24)(H,25,26)/t11-,15+/m1/s1. The number of nitrogens with one attached hydrogen (secondary N) is 1. The highest BCUT2D eigenvalue weighted by Gasteiger charge is 2.15. The molecule has 0 aliphatic carbocycles. The van der Waals surface area contributed by atoms with E-state index in [0.717, 1.165) is 0 Å². The highest BCUT2D eigenvalue weighted by Crippen LogP contribution is 2.29. The van der Waals surface area contributed by atoms with E-state index in [1.165, 1.54) is 12.1 Å². The minimum atomic E-state index is -1.58. The number of rotatable bonds is 8. The summed E-state index contributed by atoms with van der Waals surface area (Å²) < 4.78 is 9.10. The van der Waals surface area contributed by atoms with Crippen molar-refractivity contribution in [2.24, 2.45) is 0 Å². The number of benzene rings is 2. The largest absolute Gasteiger partial charge is 0.511 e. The molecule has 28 heavy (non-hydrogen) atoms. The molecule has 0 unspecified atom stereocenters. The molecule has 8 nitrogen and oxygen atoms in total. The fraction of sp³-hybridized carbons (Fsp3) is 0.263. The van der Waals surface area contributed by atoms with Gasteiger partial charge in [-0.3, -0.25) is 0 Å². The Bertz CT molecular complexity index is 843. The van der Waals surface area contributed by atoms with Gasteiger partial charge in [0.25, 0.3) is 0 Å². The van der Waals surface area contributed by atoms with Crippen LogP contribution in [-0.4, -0.2) is 40.2 Å². The molecule has 0 aliphatic heterocycles. The summed E-state index contributed by atoms with van der Waals surface area (Å²) in [6, 6.07) is 11.2. The van der Waals surface area contributed by atoms with Crippen molar-refractivity contribution in [3.8, 4) is 11.5 Å². The van der Waals surface area contributed by atoms with E-state index >= 15 is 0 Å². The zero-order chi connectivity index (χ0) is 20.7. The van der Waals surface area contributed by atoms with E-state index in [9.17, 15) is 14.7 Å². The third-order valence-electron chi connectivity index (χ3n) is 3.84. The number of aliphatic hydroxyl groups excluding tert-OH is 1. The molecule has 0 aliphatic rings. The molecule has 2 aromatic rings. The van der Waals surface area contributed by atoms with Gasteiger partial charge in [-0.05, 0) is 48.7 Å². The first-order valence-electron chi connectivity index (χ1n) is 8.36. The van der Waals surface area contributed by atoms with Crippen molar-refractivity contribution < 1.29 is 34.4 Å². The smallest absolute Gasteiger partial charge is 0.449 e. The van der Waals surface area contributed by atoms with Crippen LogP contribution < -0.4 is 14.8 Å². The number of hydrogen-bond donors (Lipinski definition) is 4. The van der Waals surface area contributed by atoms with Crippen LogP contribution in [0.4, 0.5) is 9.59 Å². The lowest BCUT2D eigenvalue weighted by atomic mass is 10.1. The summed E-state index contributed by atoms with van der Waals surface area (Å²) in [5.74, 6) is -0.422. The SMILES string of the molecule is C[C@H](Cc1ccc(OC(=O)O)c(OC(=O)O)c1)NC[C@H](O)c1cccc(Cl)c1. The third-order valence-corrected chi connectivity index (χ3v) is 4.07. The Kier molecular flexibility index (Phi) is 7.62. The van der Waals surface area contributed by atoms with Crippen LogP contribution in [0.2, 0.25) is 5.02 Å². The summed E-state index contributed by atoms with van der Waals surface area (Å²) >= 11 is 5.92. The van der Waals surface area contributed by atoms with Gasteiger partial charge in [0.05, 0.1) is 6.10 Å². The van der Waals surface area contributed by atoms with Crippen LogP contribution in [0.5, 0.6) is 11.5 Å². The maximum absolute atomic E-state index is 10.8. The van der Waals surface area contributed by atoms with Crippen LogP contribution in [-0.2, 0) is 6.42 Å². The number of hydrogen-bond acceptors (Lipinski definition) is 6. The second kappa shape index (κ2) is 9.93. The average Bonchev–Trinajstić information content (AvgIpc) is 2.61. The summed E-state index contributed by atoms with van der Waals surface area (Å²) in [5, 5.41) is 31.5. The summed E-state index contributed by atoms with van der Waals surface area (Å²) in [4.78, 5) is 21.5. The predicted molar refractivity (Wildman–Crippen MR) is 101 cm³/mol. The molecule has 0 aromatic heterocycles. The van der Waals surface area contributed by atoms with Gasteiger partial charge in [0, 0.05) is 17.6 Å². The van der Waals surface area contributed by atoms with Gasteiger partial charge in [-0.25, -0.2) is 9.59 Å². The lowest BCUT2D eigenvalue weighted by Crippen LogP contribution is -2.32. The van der Waals surface area contributed by atoms with Gasteiger partial charge in [0.2, 0.25) is 0 Å². The topological polar surface area (TPSA) is 125 Å². The van der Waals surface area contributed by atoms with Crippen molar-refractivity contribution in [2.45, 2.75) is 25.5 Å². The van der Waals surface area contributed by atoms with Gasteiger partial charge in [-0.15, -0.1) is 0 Å². The molecule has 0 radical (unpaired) electrons. The first-order chi connectivity index (χ1) is 13.2. The Labute approximate surface area is 166 Å². The number of carboxylic acid groups (broad SMARTS) is 2. The molecule has 4 N–H and O–H groups in total. The third kappa shape index (κ3) is 6.73. The Hall–Kier alpha value is -2.81. The van der Waals surface area contributed by atoms with Crippen molar-refractivity contribution in [1.29, 1.82) is 0 Å². The minimum absolute atomic E-state index is 0.0715. The van der Waals surface area contributed by atoms with Gasteiger partial charge in [0.15, 0.2) is 11.5 Å². The van der Waals surface area contributed by atoms with Crippen molar-refractivity contribution >= 4 is 23.9 Å². The number of carbonyl (C=O) groups is 2. The van der Waals surface area contributed by atoms with Crippen molar-refractivity contribution in [2.75, 3.05) is 6.54 Å². The summed E-state index contributed by atoms with van der Waals surface area (Å²) in [6.45, 7) is 2.18. The van der Waals surface area contributed by atoms with E-state index in [2.05, 4.69) is 14.8 Å². The maximum Gasteiger partial charge on any atom is 0.511 e. The predicted octanol–water partition coefficient (Wildman–Crippen LogP) is 3.71. The highest BCUT2D eigenvalue weighted by atomic mass is 35.5. The van der Waals surface area contributed by atoms with Gasteiger partial charge < -0.3 is 30.1 Å². The van der Waals surface area contributed by atoms with Crippen LogP contribution in [0.1, 0.15) is 24.2 Å². The number of aliphatic hydroxyl groups is 1. The molecule has 0 saturated heterocycles. The van der Waals surface area contributed by atoms with E-state index in [0.29, 0.717) is 29.1 Å². The summed E-state index contributed by atoms with van der Waals surface area (Å²) in [5.41, 5.74) is 1.39. The van der Waals surface area contributed by atoms with Crippen LogP contribution in [0.15, 0.2) is 42.5 Å². The molecule has 2 rings (SSSR count). The fourth-order valence-electron chi connectivity index (χ4n) is 2.60. The molecule has 0 bridgehead atoms. The molecule has 0 saturated carbocycles. The molecule has 2 atom stereocenters.